The Labute approximate surface area is 283 Å². The molecule has 1 aliphatic heterocycles. The van der Waals surface area contributed by atoms with Crippen molar-refractivity contribution >= 4 is 29.4 Å². The molecule has 1 aliphatic rings. The van der Waals surface area contributed by atoms with E-state index in [9.17, 15) is 9.59 Å². The van der Waals surface area contributed by atoms with Crippen LogP contribution in [0.25, 0.3) is 11.3 Å². The van der Waals surface area contributed by atoms with E-state index in [1.165, 1.54) is 0 Å². The standard InChI is InChI=1S/C36H50N6O6/c1-25(32(43)47-35(2,3)4)39-24-27-23-28(11-14-31(27)42-18-21-45-22-19-42)40-33-37-17-15-30(41-33)26-9-12-29(13-10-26)46-20-8-16-38-34(44)48-36(5,6)7/h9-15,17,23,25,39H,8,16,18-22,24H2,1-7H3,(H,38,44)(H,37,40,41). The molecule has 12 nitrogen and oxygen atoms in total. The Kier molecular flexibility index (Phi) is 12.6. The number of nitrogens with zero attached hydrogens (tertiary/aromatic N) is 3. The summed E-state index contributed by atoms with van der Waals surface area (Å²) in [7, 11) is 0. The van der Waals surface area contributed by atoms with Crippen molar-refractivity contribution in [3.63, 3.8) is 0 Å². The van der Waals surface area contributed by atoms with Gasteiger partial charge in [-0.2, -0.15) is 0 Å². The van der Waals surface area contributed by atoms with Gasteiger partial charge in [0.25, 0.3) is 0 Å². The Bertz CT molecular complexity index is 1500. The van der Waals surface area contributed by atoms with Crippen LogP contribution in [0.4, 0.5) is 22.1 Å². The second-order valence-corrected chi connectivity index (χ2v) is 13.6. The molecule has 0 bridgehead atoms. The molecule has 2 heterocycles. The lowest BCUT2D eigenvalue weighted by atomic mass is 10.1. The van der Waals surface area contributed by atoms with Crippen LogP contribution in [0.15, 0.2) is 54.7 Å². The van der Waals surface area contributed by atoms with Crippen molar-refractivity contribution < 1.29 is 28.5 Å². The van der Waals surface area contributed by atoms with E-state index in [4.69, 9.17) is 23.9 Å². The lowest BCUT2D eigenvalue weighted by Gasteiger charge is -2.31. The van der Waals surface area contributed by atoms with Gasteiger partial charge < -0.3 is 39.8 Å². The summed E-state index contributed by atoms with van der Waals surface area (Å²) >= 11 is 0. The number of nitrogens with one attached hydrogen (secondary N) is 3. The van der Waals surface area contributed by atoms with E-state index in [2.05, 4.69) is 38.0 Å². The smallest absolute Gasteiger partial charge is 0.407 e. The van der Waals surface area contributed by atoms with Crippen molar-refractivity contribution in [3.05, 3.63) is 60.3 Å². The lowest BCUT2D eigenvalue weighted by Crippen LogP contribution is -2.40. The number of morpholine rings is 1. The maximum absolute atomic E-state index is 12.6. The first-order valence-corrected chi connectivity index (χ1v) is 16.5. The summed E-state index contributed by atoms with van der Waals surface area (Å²) in [6.07, 6.45) is 1.94. The molecule has 1 fully saturated rings. The largest absolute Gasteiger partial charge is 0.494 e. The normalized spacial score (nSPS) is 14.2. The van der Waals surface area contributed by atoms with Crippen molar-refractivity contribution in [1.29, 1.82) is 0 Å². The van der Waals surface area contributed by atoms with Gasteiger partial charge in [-0.3, -0.25) is 4.79 Å². The fourth-order valence-corrected chi connectivity index (χ4v) is 4.85. The molecule has 0 saturated carbocycles. The van der Waals surface area contributed by atoms with Gasteiger partial charge in [-0.05, 0) is 109 Å². The first-order chi connectivity index (χ1) is 22.8. The molecule has 1 saturated heterocycles. The highest BCUT2D eigenvalue weighted by Crippen LogP contribution is 2.28. The molecule has 48 heavy (non-hydrogen) atoms. The average Bonchev–Trinajstić information content (AvgIpc) is 3.03. The molecule has 1 atom stereocenters. The Morgan fingerprint density at radius 3 is 2.35 bits per heavy atom. The SMILES string of the molecule is CC(NCc1cc(Nc2nccc(-c3ccc(OCCCNC(=O)OC(C)(C)C)cc3)n2)ccc1N1CCOCC1)C(=O)OC(C)(C)C. The number of alkyl carbamates (subject to hydrolysis) is 1. The number of rotatable bonds is 13. The summed E-state index contributed by atoms with van der Waals surface area (Å²) in [6, 6.07) is 15.2. The number of carbonyl (C=O) groups is 2. The molecular formula is C36H50N6O6. The quantitative estimate of drug-likeness (QED) is 0.151. The predicted octanol–water partition coefficient (Wildman–Crippen LogP) is 5.84. The number of amides is 1. The van der Waals surface area contributed by atoms with Gasteiger partial charge in [0.2, 0.25) is 5.95 Å². The minimum Gasteiger partial charge on any atom is -0.494 e. The molecular weight excluding hydrogens is 612 g/mol. The zero-order valence-electron chi connectivity index (χ0n) is 29.2. The van der Waals surface area contributed by atoms with Crippen LogP contribution >= 0.6 is 0 Å². The summed E-state index contributed by atoms with van der Waals surface area (Å²) in [5.74, 6) is 0.901. The van der Waals surface area contributed by atoms with Crippen LogP contribution in [0.2, 0.25) is 0 Å². The molecule has 0 radical (unpaired) electrons. The van der Waals surface area contributed by atoms with Crippen molar-refractivity contribution in [2.24, 2.45) is 0 Å². The molecule has 3 aromatic rings. The van der Waals surface area contributed by atoms with E-state index in [1.54, 1.807) is 6.20 Å². The third-order valence-corrected chi connectivity index (χ3v) is 7.11. The second-order valence-electron chi connectivity index (χ2n) is 13.6. The molecule has 12 heteroatoms. The van der Waals surface area contributed by atoms with Gasteiger partial charge in [0.15, 0.2) is 0 Å². The van der Waals surface area contributed by atoms with Crippen molar-refractivity contribution in [3.8, 4) is 17.0 Å². The van der Waals surface area contributed by atoms with Gasteiger partial charge in [-0.1, -0.05) is 0 Å². The van der Waals surface area contributed by atoms with Gasteiger partial charge in [-0.15, -0.1) is 0 Å². The van der Waals surface area contributed by atoms with Crippen LogP contribution in [-0.4, -0.2) is 78.7 Å². The zero-order valence-corrected chi connectivity index (χ0v) is 29.2. The number of anilines is 3. The molecule has 2 aromatic carbocycles. The second kappa shape index (κ2) is 16.6. The number of esters is 1. The van der Waals surface area contributed by atoms with Crippen molar-refractivity contribution in [2.45, 2.75) is 78.7 Å². The predicted molar refractivity (Wildman–Crippen MR) is 187 cm³/mol. The van der Waals surface area contributed by atoms with Crippen LogP contribution in [0.3, 0.4) is 0 Å². The first-order valence-electron chi connectivity index (χ1n) is 16.5. The summed E-state index contributed by atoms with van der Waals surface area (Å²) in [6.45, 7) is 17.2. The molecule has 3 N–H and O–H groups in total. The highest BCUT2D eigenvalue weighted by Gasteiger charge is 2.23. The maximum Gasteiger partial charge on any atom is 0.407 e. The summed E-state index contributed by atoms with van der Waals surface area (Å²) in [5, 5.41) is 9.42. The van der Waals surface area contributed by atoms with Gasteiger partial charge in [0.1, 0.15) is 23.0 Å². The van der Waals surface area contributed by atoms with E-state index in [0.29, 0.717) is 45.3 Å². The average molecular weight is 663 g/mol. The van der Waals surface area contributed by atoms with Gasteiger partial charge in [-0.25, -0.2) is 14.8 Å². The van der Waals surface area contributed by atoms with Gasteiger partial charge in [0, 0.05) is 49.3 Å². The van der Waals surface area contributed by atoms with E-state index in [-0.39, 0.29) is 5.97 Å². The number of hydrogen-bond donors (Lipinski definition) is 3. The molecule has 0 aliphatic carbocycles. The summed E-state index contributed by atoms with van der Waals surface area (Å²) in [4.78, 5) is 35.9. The Morgan fingerprint density at radius 2 is 1.67 bits per heavy atom. The summed E-state index contributed by atoms with van der Waals surface area (Å²) in [5.41, 5.74) is 3.55. The van der Waals surface area contributed by atoms with Gasteiger partial charge >= 0.3 is 12.1 Å². The molecule has 1 unspecified atom stereocenters. The minimum absolute atomic E-state index is 0.290. The molecule has 4 rings (SSSR count). The number of hydrogen-bond acceptors (Lipinski definition) is 11. The van der Waals surface area contributed by atoms with Crippen molar-refractivity contribution in [1.82, 2.24) is 20.6 Å². The van der Waals surface area contributed by atoms with Crippen molar-refractivity contribution in [2.75, 3.05) is 49.7 Å². The summed E-state index contributed by atoms with van der Waals surface area (Å²) < 4.78 is 22.2. The van der Waals surface area contributed by atoms with Crippen LogP contribution in [-0.2, 0) is 25.5 Å². The highest BCUT2D eigenvalue weighted by molar-refractivity contribution is 5.76. The van der Waals surface area contributed by atoms with E-state index in [1.807, 2.05) is 84.9 Å². The van der Waals surface area contributed by atoms with E-state index >= 15 is 0 Å². The van der Waals surface area contributed by atoms with Crippen LogP contribution in [0.5, 0.6) is 5.75 Å². The van der Waals surface area contributed by atoms with Crippen LogP contribution < -0.4 is 25.6 Å². The Balaban J connectivity index is 1.37. The third-order valence-electron chi connectivity index (χ3n) is 7.11. The maximum atomic E-state index is 12.6. The number of ether oxygens (including phenoxy) is 4. The van der Waals surface area contributed by atoms with Gasteiger partial charge in [0.05, 0.1) is 25.5 Å². The minimum atomic E-state index is -0.552. The number of benzene rings is 2. The number of aromatic nitrogens is 2. The van der Waals surface area contributed by atoms with Crippen LogP contribution in [0.1, 0.15) is 60.5 Å². The number of carbonyl (C=O) groups excluding carboxylic acids is 2. The molecule has 1 aromatic heterocycles. The topological polar surface area (TPSA) is 136 Å². The molecule has 1 amide bonds. The highest BCUT2D eigenvalue weighted by atomic mass is 16.6. The monoisotopic (exact) mass is 662 g/mol. The first kappa shape index (κ1) is 36.4. The lowest BCUT2D eigenvalue weighted by molar-refractivity contribution is -0.157. The fraction of sp³-hybridized carbons (Fsp3) is 0.500. The molecule has 0 spiro atoms. The Morgan fingerprint density at radius 1 is 0.958 bits per heavy atom. The van der Waals surface area contributed by atoms with E-state index < -0.39 is 23.3 Å². The van der Waals surface area contributed by atoms with E-state index in [0.717, 1.165) is 47.0 Å². The zero-order chi connectivity index (χ0) is 34.7. The van der Waals surface area contributed by atoms with Crippen LogP contribution in [0, 0.1) is 0 Å². The fourth-order valence-electron chi connectivity index (χ4n) is 4.85. The molecule has 260 valence electrons. The third kappa shape index (κ3) is 12.0. The Hall–Kier alpha value is -4.42.